The van der Waals surface area contributed by atoms with Gasteiger partial charge in [0, 0.05) is 6.26 Å². The molecule has 0 bridgehead atoms. The zero-order chi connectivity index (χ0) is 13.9. The topological polar surface area (TPSA) is 34.1 Å². The van der Waals surface area contributed by atoms with Gasteiger partial charge in [-0.05, 0) is 12.8 Å². The van der Waals surface area contributed by atoms with E-state index in [0.717, 1.165) is 25.7 Å². The molecule has 0 spiro atoms. The average molecular weight is 276 g/mol. The predicted octanol–water partition coefficient (Wildman–Crippen LogP) is 4.73. The van der Waals surface area contributed by atoms with Gasteiger partial charge in [0.15, 0.2) is 0 Å². The van der Waals surface area contributed by atoms with Crippen molar-refractivity contribution in [2.75, 3.05) is 6.26 Å². The van der Waals surface area contributed by atoms with Crippen LogP contribution in [-0.2, 0) is 9.84 Å². The molecule has 0 aliphatic heterocycles. The van der Waals surface area contributed by atoms with Crippen LogP contribution >= 0.6 is 0 Å². The summed E-state index contributed by atoms with van der Waals surface area (Å²) in [5, 5.41) is -0.0871. The second-order valence-corrected chi connectivity index (χ2v) is 7.83. The molecule has 0 radical (unpaired) electrons. The molecule has 0 aliphatic rings. The number of sulfone groups is 1. The van der Waals surface area contributed by atoms with E-state index in [1.807, 2.05) is 0 Å². The summed E-state index contributed by atoms with van der Waals surface area (Å²) in [6, 6.07) is 0. The first-order valence-electron chi connectivity index (χ1n) is 7.71. The molecule has 2 nitrogen and oxygen atoms in total. The molecule has 0 amide bonds. The molecule has 3 heteroatoms. The fourth-order valence-corrected chi connectivity index (χ4v) is 3.54. The maximum absolute atomic E-state index is 11.7. The van der Waals surface area contributed by atoms with E-state index in [1.165, 1.54) is 51.2 Å². The molecule has 0 aliphatic carbocycles. The maximum Gasteiger partial charge on any atom is 0.150 e. The fourth-order valence-electron chi connectivity index (χ4n) is 2.35. The summed E-state index contributed by atoms with van der Waals surface area (Å²) >= 11 is 0. The SMILES string of the molecule is CCCCCCCC(CCCCCC)S(C)(=O)=O. The third kappa shape index (κ3) is 9.93. The molecular formula is C15H32O2S. The Kier molecular flexibility index (Phi) is 10.8. The van der Waals surface area contributed by atoms with Gasteiger partial charge in [0.2, 0.25) is 0 Å². The van der Waals surface area contributed by atoms with Gasteiger partial charge in [0.1, 0.15) is 9.84 Å². The van der Waals surface area contributed by atoms with Gasteiger partial charge < -0.3 is 0 Å². The molecule has 0 aromatic carbocycles. The van der Waals surface area contributed by atoms with Crippen LogP contribution in [0.3, 0.4) is 0 Å². The third-order valence-corrected chi connectivity index (χ3v) is 5.30. The highest BCUT2D eigenvalue weighted by Crippen LogP contribution is 2.18. The van der Waals surface area contributed by atoms with Crippen LogP contribution in [0.2, 0.25) is 0 Å². The van der Waals surface area contributed by atoms with Crippen molar-refractivity contribution >= 4 is 9.84 Å². The number of hydrogen-bond donors (Lipinski definition) is 0. The standard InChI is InChI=1S/C15H32O2S/c1-4-6-8-10-12-14-15(18(3,16)17)13-11-9-7-5-2/h15H,4-14H2,1-3H3. The van der Waals surface area contributed by atoms with Gasteiger partial charge >= 0.3 is 0 Å². The van der Waals surface area contributed by atoms with Gasteiger partial charge in [-0.3, -0.25) is 0 Å². The molecule has 0 saturated heterocycles. The monoisotopic (exact) mass is 276 g/mol. The molecule has 0 fully saturated rings. The number of hydrogen-bond acceptors (Lipinski definition) is 2. The van der Waals surface area contributed by atoms with Gasteiger partial charge in [-0.1, -0.05) is 71.6 Å². The van der Waals surface area contributed by atoms with Gasteiger partial charge in [0.05, 0.1) is 5.25 Å². The second-order valence-electron chi connectivity index (χ2n) is 5.50. The van der Waals surface area contributed by atoms with Crippen LogP contribution in [0.5, 0.6) is 0 Å². The first kappa shape index (κ1) is 17.9. The summed E-state index contributed by atoms with van der Waals surface area (Å²) in [7, 11) is -2.84. The van der Waals surface area contributed by atoms with E-state index in [0.29, 0.717) is 0 Å². The summed E-state index contributed by atoms with van der Waals surface area (Å²) in [5.41, 5.74) is 0. The molecule has 0 N–H and O–H groups in total. The zero-order valence-corrected chi connectivity index (χ0v) is 13.4. The van der Waals surface area contributed by atoms with Crippen molar-refractivity contribution in [1.82, 2.24) is 0 Å². The Bertz CT molecular complexity index is 270. The highest BCUT2D eigenvalue weighted by molar-refractivity contribution is 7.91. The van der Waals surface area contributed by atoms with Crippen molar-refractivity contribution in [1.29, 1.82) is 0 Å². The van der Waals surface area contributed by atoms with Crippen molar-refractivity contribution in [3.63, 3.8) is 0 Å². The lowest BCUT2D eigenvalue weighted by molar-refractivity contribution is 0.522. The Hall–Kier alpha value is -0.0500. The first-order chi connectivity index (χ1) is 8.52. The van der Waals surface area contributed by atoms with Crippen molar-refractivity contribution in [2.45, 2.75) is 89.7 Å². The summed E-state index contributed by atoms with van der Waals surface area (Å²) in [4.78, 5) is 0. The van der Waals surface area contributed by atoms with Gasteiger partial charge in [-0.25, -0.2) is 8.42 Å². The van der Waals surface area contributed by atoms with Crippen LogP contribution in [0, 0.1) is 0 Å². The van der Waals surface area contributed by atoms with Crippen molar-refractivity contribution in [2.24, 2.45) is 0 Å². The number of rotatable bonds is 12. The van der Waals surface area contributed by atoms with E-state index in [1.54, 1.807) is 0 Å². The summed E-state index contributed by atoms with van der Waals surface area (Å²) in [5.74, 6) is 0. The Morgan fingerprint density at radius 3 is 1.50 bits per heavy atom. The quantitative estimate of drug-likeness (QED) is 0.483. The van der Waals surface area contributed by atoms with E-state index in [-0.39, 0.29) is 5.25 Å². The normalized spacial score (nSPS) is 13.7. The first-order valence-corrected chi connectivity index (χ1v) is 9.66. The predicted molar refractivity (Wildman–Crippen MR) is 80.8 cm³/mol. The minimum atomic E-state index is -2.84. The van der Waals surface area contributed by atoms with Crippen LogP contribution in [-0.4, -0.2) is 19.9 Å². The van der Waals surface area contributed by atoms with Gasteiger partial charge in [0.25, 0.3) is 0 Å². The zero-order valence-electron chi connectivity index (χ0n) is 12.6. The van der Waals surface area contributed by atoms with Gasteiger partial charge in [-0.2, -0.15) is 0 Å². The highest BCUT2D eigenvalue weighted by Gasteiger charge is 2.19. The molecule has 0 aromatic heterocycles. The van der Waals surface area contributed by atoms with Gasteiger partial charge in [-0.15, -0.1) is 0 Å². The second kappa shape index (κ2) is 10.8. The van der Waals surface area contributed by atoms with Crippen LogP contribution in [0.1, 0.15) is 84.5 Å². The van der Waals surface area contributed by atoms with Crippen LogP contribution < -0.4 is 0 Å². The summed E-state index contributed by atoms with van der Waals surface area (Å²) in [6.45, 7) is 4.38. The summed E-state index contributed by atoms with van der Waals surface area (Å²) in [6.07, 6.45) is 13.9. The Balaban J connectivity index is 3.87. The van der Waals surface area contributed by atoms with Crippen LogP contribution in [0.4, 0.5) is 0 Å². The Morgan fingerprint density at radius 2 is 1.11 bits per heavy atom. The number of unbranched alkanes of at least 4 members (excludes halogenated alkanes) is 7. The molecule has 1 unspecified atom stereocenters. The molecule has 0 heterocycles. The third-order valence-electron chi connectivity index (χ3n) is 3.61. The molecule has 18 heavy (non-hydrogen) atoms. The highest BCUT2D eigenvalue weighted by atomic mass is 32.2. The lowest BCUT2D eigenvalue weighted by Crippen LogP contribution is -2.19. The minimum absolute atomic E-state index is 0.0871. The van der Waals surface area contributed by atoms with Crippen LogP contribution in [0.25, 0.3) is 0 Å². The fraction of sp³-hybridized carbons (Fsp3) is 1.00. The van der Waals surface area contributed by atoms with Crippen LogP contribution in [0.15, 0.2) is 0 Å². The van der Waals surface area contributed by atoms with E-state index < -0.39 is 9.84 Å². The molecule has 1 atom stereocenters. The lowest BCUT2D eigenvalue weighted by atomic mass is 10.0. The minimum Gasteiger partial charge on any atom is -0.229 e. The molecule has 0 rings (SSSR count). The average Bonchev–Trinajstić information content (AvgIpc) is 2.30. The maximum atomic E-state index is 11.7. The van der Waals surface area contributed by atoms with Crippen molar-refractivity contribution in [3.8, 4) is 0 Å². The molecule has 0 aromatic rings. The Morgan fingerprint density at radius 1 is 0.722 bits per heavy atom. The Labute approximate surface area is 114 Å². The lowest BCUT2D eigenvalue weighted by Gasteiger charge is -2.14. The molecular weight excluding hydrogens is 244 g/mol. The molecule has 0 saturated carbocycles. The molecule has 110 valence electrons. The van der Waals surface area contributed by atoms with E-state index >= 15 is 0 Å². The van der Waals surface area contributed by atoms with E-state index in [4.69, 9.17) is 0 Å². The van der Waals surface area contributed by atoms with Crippen molar-refractivity contribution in [3.05, 3.63) is 0 Å². The smallest absolute Gasteiger partial charge is 0.150 e. The largest absolute Gasteiger partial charge is 0.229 e. The van der Waals surface area contributed by atoms with E-state index in [2.05, 4.69) is 13.8 Å². The summed E-state index contributed by atoms with van der Waals surface area (Å²) < 4.78 is 23.4. The van der Waals surface area contributed by atoms with Crippen molar-refractivity contribution < 1.29 is 8.42 Å². The van der Waals surface area contributed by atoms with E-state index in [9.17, 15) is 8.42 Å².